The second kappa shape index (κ2) is 3.42. The van der Waals surface area contributed by atoms with Crippen LogP contribution in [0.2, 0.25) is 0 Å². The Morgan fingerprint density at radius 2 is 2.36 bits per heavy atom. The Balaban J connectivity index is 2.86. The Morgan fingerprint density at radius 1 is 1.73 bits per heavy atom. The van der Waals surface area contributed by atoms with Crippen molar-refractivity contribution in [1.82, 2.24) is 0 Å². The summed E-state index contributed by atoms with van der Waals surface area (Å²) < 4.78 is 0. The van der Waals surface area contributed by atoms with E-state index in [0.717, 1.165) is 0 Å². The van der Waals surface area contributed by atoms with Gasteiger partial charge in [0.2, 0.25) is 0 Å². The SMILES string of the molecule is CC(=O)C1=CCC(Cl)C=C1Cl. The summed E-state index contributed by atoms with van der Waals surface area (Å²) in [5, 5.41) is 0.411. The molecule has 0 aromatic carbocycles. The minimum Gasteiger partial charge on any atom is -0.294 e. The Bertz CT molecular complexity index is 240. The van der Waals surface area contributed by atoms with Gasteiger partial charge < -0.3 is 0 Å². The molecule has 0 aliphatic heterocycles. The van der Waals surface area contributed by atoms with Crippen molar-refractivity contribution in [2.45, 2.75) is 18.7 Å². The van der Waals surface area contributed by atoms with Gasteiger partial charge in [0.25, 0.3) is 0 Å². The van der Waals surface area contributed by atoms with Crippen molar-refractivity contribution >= 4 is 29.0 Å². The van der Waals surface area contributed by atoms with E-state index in [2.05, 4.69) is 0 Å². The Hall–Kier alpha value is -0.270. The number of allylic oxidation sites excluding steroid dienone is 4. The first-order valence-electron chi connectivity index (χ1n) is 3.34. The van der Waals surface area contributed by atoms with Crippen LogP contribution in [0.15, 0.2) is 22.8 Å². The van der Waals surface area contributed by atoms with Crippen LogP contribution in [0.3, 0.4) is 0 Å². The van der Waals surface area contributed by atoms with Crippen molar-refractivity contribution in [3.63, 3.8) is 0 Å². The largest absolute Gasteiger partial charge is 0.294 e. The number of Topliss-reactive ketones (excluding diaryl/α,β-unsaturated/α-hetero) is 1. The second-order valence-corrected chi connectivity index (χ2v) is 3.41. The predicted molar refractivity (Wildman–Crippen MR) is 47.0 cm³/mol. The average Bonchev–Trinajstić information content (AvgIpc) is 1.85. The highest BCUT2D eigenvalue weighted by atomic mass is 35.5. The molecule has 0 saturated heterocycles. The van der Waals surface area contributed by atoms with Gasteiger partial charge >= 0.3 is 0 Å². The summed E-state index contributed by atoms with van der Waals surface area (Å²) in [6.45, 7) is 1.50. The number of alkyl halides is 1. The van der Waals surface area contributed by atoms with E-state index in [4.69, 9.17) is 23.2 Å². The fraction of sp³-hybridized carbons (Fsp3) is 0.375. The molecule has 0 amide bonds. The number of halogens is 2. The molecule has 3 heteroatoms. The van der Waals surface area contributed by atoms with Crippen molar-refractivity contribution in [2.75, 3.05) is 0 Å². The molecule has 0 fully saturated rings. The summed E-state index contributed by atoms with van der Waals surface area (Å²) in [4.78, 5) is 10.9. The molecule has 0 aromatic rings. The molecule has 0 radical (unpaired) electrons. The van der Waals surface area contributed by atoms with Gasteiger partial charge in [0.05, 0.1) is 5.38 Å². The van der Waals surface area contributed by atoms with E-state index in [9.17, 15) is 4.79 Å². The molecule has 1 rings (SSSR count). The topological polar surface area (TPSA) is 17.1 Å². The minimum atomic E-state index is -0.0643. The van der Waals surface area contributed by atoms with E-state index >= 15 is 0 Å². The third-order valence-corrected chi connectivity index (χ3v) is 2.14. The Morgan fingerprint density at radius 3 is 2.82 bits per heavy atom. The molecule has 1 nitrogen and oxygen atoms in total. The fourth-order valence-electron chi connectivity index (χ4n) is 0.956. The highest BCUT2D eigenvalue weighted by molar-refractivity contribution is 6.36. The molecule has 0 aromatic heterocycles. The van der Waals surface area contributed by atoms with Crippen molar-refractivity contribution in [2.24, 2.45) is 0 Å². The maximum atomic E-state index is 10.9. The third kappa shape index (κ3) is 2.08. The molecular weight excluding hydrogens is 183 g/mol. The highest BCUT2D eigenvalue weighted by Crippen LogP contribution is 2.25. The monoisotopic (exact) mass is 190 g/mol. The normalized spacial score (nSPS) is 24.1. The van der Waals surface area contributed by atoms with Gasteiger partial charge in [-0.25, -0.2) is 0 Å². The molecule has 0 saturated carbocycles. The van der Waals surface area contributed by atoms with Crippen molar-refractivity contribution in [1.29, 1.82) is 0 Å². The van der Waals surface area contributed by atoms with E-state index in [1.54, 1.807) is 12.2 Å². The van der Waals surface area contributed by atoms with Crippen LogP contribution in [0.25, 0.3) is 0 Å². The quantitative estimate of drug-likeness (QED) is 0.582. The molecule has 60 valence electrons. The van der Waals surface area contributed by atoms with Crippen molar-refractivity contribution in [3.05, 3.63) is 22.8 Å². The van der Waals surface area contributed by atoms with Gasteiger partial charge in [-0.3, -0.25) is 4.79 Å². The first-order valence-corrected chi connectivity index (χ1v) is 4.15. The lowest BCUT2D eigenvalue weighted by Gasteiger charge is -2.10. The first-order chi connectivity index (χ1) is 5.11. The summed E-state index contributed by atoms with van der Waals surface area (Å²) in [6.07, 6.45) is 4.16. The van der Waals surface area contributed by atoms with Crippen LogP contribution in [0.1, 0.15) is 13.3 Å². The van der Waals surface area contributed by atoms with Gasteiger partial charge in [0.15, 0.2) is 5.78 Å². The standard InChI is InChI=1S/C8H8Cl2O/c1-5(11)7-3-2-6(9)4-8(7)10/h3-4,6H,2H2,1H3. The third-order valence-electron chi connectivity index (χ3n) is 1.51. The minimum absolute atomic E-state index is 0.00480. The molecule has 0 heterocycles. The molecular formula is C8H8Cl2O. The number of hydrogen-bond donors (Lipinski definition) is 0. The van der Waals surface area contributed by atoms with Gasteiger partial charge in [-0.05, 0) is 19.4 Å². The summed E-state index contributed by atoms with van der Waals surface area (Å²) in [5.74, 6) is -0.00480. The van der Waals surface area contributed by atoms with Gasteiger partial charge in [-0.1, -0.05) is 17.7 Å². The molecule has 1 atom stereocenters. The van der Waals surface area contributed by atoms with Crippen molar-refractivity contribution < 1.29 is 4.79 Å². The van der Waals surface area contributed by atoms with Gasteiger partial charge in [0, 0.05) is 10.6 Å². The summed E-state index contributed by atoms with van der Waals surface area (Å²) in [7, 11) is 0. The van der Waals surface area contributed by atoms with Crippen LogP contribution in [0.4, 0.5) is 0 Å². The van der Waals surface area contributed by atoms with Crippen LogP contribution in [0, 0.1) is 0 Å². The lowest BCUT2D eigenvalue weighted by molar-refractivity contribution is -0.113. The van der Waals surface area contributed by atoms with Gasteiger partial charge in [-0.15, -0.1) is 11.6 Å². The first kappa shape index (κ1) is 8.82. The van der Waals surface area contributed by atoms with E-state index in [0.29, 0.717) is 17.0 Å². The zero-order chi connectivity index (χ0) is 8.43. The van der Waals surface area contributed by atoms with E-state index in [1.807, 2.05) is 0 Å². The van der Waals surface area contributed by atoms with E-state index < -0.39 is 0 Å². The highest BCUT2D eigenvalue weighted by Gasteiger charge is 2.14. The van der Waals surface area contributed by atoms with Crippen LogP contribution in [-0.2, 0) is 4.79 Å². The number of carbonyl (C=O) groups excluding carboxylic acids is 1. The zero-order valence-corrected chi connectivity index (χ0v) is 7.62. The van der Waals surface area contributed by atoms with E-state index in [1.165, 1.54) is 6.92 Å². The predicted octanol–water partition coefficient (Wildman–Crippen LogP) is 2.64. The Kier molecular flexibility index (Phi) is 2.74. The number of ketones is 1. The molecule has 0 N–H and O–H groups in total. The summed E-state index contributed by atoms with van der Waals surface area (Å²) in [6, 6.07) is 0. The smallest absolute Gasteiger partial charge is 0.160 e. The number of hydrogen-bond acceptors (Lipinski definition) is 1. The molecule has 0 spiro atoms. The number of carbonyl (C=O) groups is 1. The van der Waals surface area contributed by atoms with Crippen LogP contribution >= 0.6 is 23.2 Å². The summed E-state index contributed by atoms with van der Waals surface area (Å²) >= 11 is 11.5. The Labute approximate surface area is 75.7 Å². The molecule has 0 bridgehead atoms. The lowest BCUT2D eigenvalue weighted by Crippen LogP contribution is -2.05. The maximum absolute atomic E-state index is 10.9. The lowest BCUT2D eigenvalue weighted by atomic mass is 10.0. The van der Waals surface area contributed by atoms with Crippen molar-refractivity contribution in [3.8, 4) is 0 Å². The molecule has 1 aliphatic carbocycles. The summed E-state index contributed by atoms with van der Waals surface area (Å²) in [5.41, 5.74) is 0.587. The fourth-order valence-corrected chi connectivity index (χ4v) is 1.60. The average molecular weight is 191 g/mol. The van der Waals surface area contributed by atoms with Crippen LogP contribution in [-0.4, -0.2) is 11.2 Å². The van der Waals surface area contributed by atoms with Gasteiger partial charge in [-0.2, -0.15) is 0 Å². The molecule has 1 aliphatic rings. The number of rotatable bonds is 1. The van der Waals surface area contributed by atoms with Crippen LogP contribution < -0.4 is 0 Å². The second-order valence-electron chi connectivity index (χ2n) is 2.44. The molecule has 1 unspecified atom stereocenters. The zero-order valence-electron chi connectivity index (χ0n) is 6.10. The maximum Gasteiger partial charge on any atom is 0.160 e. The van der Waals surface area contributed by atoms with Gasteiger partial charge in [0.1, 0.15) is 0 Å². The van der Waals surface area contributed by atoms with Crippen LogP contribution in [0.5, 0.6) is 0 Å². The van der Waals surface area contributed by atoms with E-state index in [-0.39, 0.29) is 11.2 Å². The molecule has 11 heavy (non-hydrogen) atoms.